The molecule has 0 spiro atoms. The first-order chi connectivity index (χ1) is 11.0. The maximum Gasteiger partial charge on any atom is -0.00105 e. The predicted octanol–water partition coefficient (Wildman–Crippen LogP) is 6.16. The lowest BCUT2D eigenvalue weighted by Gasteiger charge is -2.11. The molecule has 0 heteroatoms. The van der Waals surface area contributed by atoms with Gasteiger partial charge in [-0.3, -0.25) is 0 Å². The van der Waals surface area contributed by atoms with E-state index in [1.165, 1.54) is 55.6 Å². The Morgan fingerprint density at radius 1 is 0.696 bits per heavy atom. The van der Waals surface area contributed by atoms with Crippen molar-refractivity contribution in [2.45, 2.75) is 34.1 Å². The van der Waals surface area contributed by atoms with Crippen molar-refractivity contribution in [1.82, 2.24) is 0 Å². The fraction of sp³-hybridized carbons (Fsp3) is 0.217. The van der Waals surface area contributed by atoms with Gasteiger partial charge in [-0.2, -0.15) is 0 Å². The molecule has 1 aliphatic rings. The zero-order valence-corrected chi connectivity index (χ0v) is 14.3. The van der Waals surface area contributed by atoms with E-state index in [0.717, 1.165) is 6.42 Å². The standard InChI is InChI=1S/C23H22/c1-14-6-5-7-18(10-14)19-8-9-21-20(12-19)13-22-17(4)16(3)15(2)11-23(21)22/h5-12H,13H2,1-4H3. The maximum absolute atomic E-state index is 2.38. The third-order valence-corrected chi connectivity index (χ3v) is 5.41. The summed E-state index contributed by atoms with van der Waals surface area (Å²) >= 11 is 0. The quantitative estimate of drug-likeness (QED) is 0.395. The molecule has 0 atom stereocenters. The summed E-state index contributed by atoms with van der Waals surface area (Å²) in [6, 6.07) is 18.1. The van der Waals surface area contributed by atoms with Crippen LogP contribution in [0.2, 0.25) is 0 Å². The lowest BCUT2D eigenvalue weighted by atomic mass is 9.94. The molecule has 0 N–H and O–H groups in total. The van der Waals surface area contributed by atoms with E-state index >= 15 is 0 Å². The third-order valence-electron chi connectivity index (χ3n) is 5.41. The van der Waals surface area contributed by atoms with Crippen molar-refractivity contribution in [3.8, 4) is 22.3 Å². The van der Waals surface area contributed by atoms with Crippen LogP contribution in [0.1, 0.15) is 33.4 Å². The Kier molecular flexibility index (Phi) is 3.16. The Morgan fingerprint density at radius 3 is 2.26 bits per heavy atom. The predicted molar refractivity (Wildman–Crippen MR) is 99.1 cm³/mol. The van der Waals surface area contributed by atoms with E-state index in [1.807, 2.05) is 0 Å². The molecule has 23 heavy (non-hydrogen) atoms. The zero-order valence-electron chi connectivity index (χ0n) is 14.3. The molecular formula is C23H22. The molecule has 0 fully saturated rings. The first kappa shape index (κ1) is 14.3. The van der Waals surface area contributed by atoms with Gasteiger partial charge in [-0.25, -0.2) is 0 Å². The van der Waals surface area contributed by atoms with E-state index in [2.05, 4.69) is 76.2 Å². The van der Waals surface area contributed by atoms with Gasteiger partial charge in [0, 0.05) is 0 Å². The monoisotopic (exact) mass is 298 g/mol. The van der Waals surface area contributed by atoms with Gasteiger partial charge in [0.2, 0.25) is 0 Å². The summed E-state index contributed by atoms with van der Waals surface area (Å²) in [5.41, 5.74) is 14.1. The fourth-order valence-corrected chi connectivity index (χ4v) is 3.80. The van der Waals surface area contributed by atoms with E-state index in [9.17, 15) is 0 Å². The highest BCUT2D eigenvalue weighted by Crippen LogP contribution is 2.41. The normalized spacial score (nSPS) is 12.2. The number of fused-ring (bicyclic) bond motifs is 3. The molecule has 0 unspecified atom stereocenters. The molecule has 114 valence electrons. The van der Waals surface area contributed by atoms with E-state index in [-0.39, 0.29) is 0 Å². The molecule has 3 aromatic rings. The first-order valence-corrected chi connectivity index (χ1v) is 8.34. The highest BCUT2D eigenvalue weighted by molar-refractivity contribution is 5.82. The van der Waals surface area contributed by atoms with Crippen molar-refractivity contribution < 1.29 is 0 Å². The zero-order chi connectivity index (χ0) is 16.1. The van der Waals surface area contributed by atoms with Crippen LogP contribution in [0.15, 0.2) is 48.5 Å². The SMILES string of the molecule is Cc1cccc(-c2ccc3c(c2)Cc2c-3cc(C)c(C)c2C)c1. The van der Waals surface area contributed by atoms with Crippen LogP contribution in [0.25, 0.3) is 22.3 Å². The van der Waals surface area contributed by atoms with Gasteiger partial charge in [0.1, 0.15) is 0 Å². The molecule has 4 rings (SSSR count). The van der Waals surface area contributed by atoms with Gasteiger partial charge < -0.3 is 0 Å². The molecule has 0 aliphatic heterocycles. The van der Waals surface area contributed by atoms with Crippen molar-refractivity contribution in [2.24, 2.45) is 0 Å². The molecular weight excluding hydrogens is 276 g/mol. The molecule has 0 bridgehead atoms. The van der Waals surface area contributed by atoms with Crippen molar-refractivity contribution in [3.05, 3.63) is 81.9 Å². The van der Waals surface area contributed by atoms with Crippen LogP contribution in [-0.4, -0.2) is 0 Å². The second-order valence-electron chi connectivity index (χ2n) is 6.89. The van der Waals surface area contributed by atoms with Gasteiger partial charge in [-0.05, 0) is 84.2 Å². The summed E-state index contributed by atoms with van der Waals surface area (Å²) in [6.45, 7) is 8.89. The van der Waals surface area contributed by atoms with Crippen LogP contribution in [-0.2, 0) is 6.42 Å². The van der Waals surface area contributed by atoms with E-state index in [0.29, 0.717) is 0 Å². The fourth-order valence-electron chi connectivity index (χ4n) is 3.80. The third kappa shape index (κ3) is 2.21. The van der Waals surface area contributed by atoms with Crippen LogP contribution in [0, 0.1) is 27.7 Å². The number of aryl methyl sites for hydroxylation is 2. The summed E-state index contributed by atoms with van der Waals surface area (Å²) in [4.78, 5) is 0. The molecule has 0 saturated carbocycles. The first-order valence-electron chi connectivity index (χ1n) is 8.34. The van der Waals surface area contributed by atoms with Crippen molar-refractivity contribution in [1.29, 1.82) is 0 Å². The van der Waals surface area contributed by atoms with Crippen LogP contribution >= 0.6 is 0 Å². The molecule has 1 aliphatic carbocycles. The maximum atomic E-state index is 2.38. The van der Waals surface area contributed by atoms with Crippen LogP contribution in [0.5, 0.6) is 0 Å². The largest absolute Gasteiger partial charge is 0.0614 e. The van der Waals surface area contributed by atoms with Gasteiger partial charge in [0.05, 0.1) is 0 Å². The highest BCUT2D eigenvalue weighted by atomic mass is 14.3. The number of rotatable bonds is 1. The number of benzene rings is 3. The molecule has 0 heterocycles. The minimum absolute atomic E-state index is 1.07. The topological polar surface area (TPSA) is 0 Å². The van der Waals surface area contributed by atoms with Crippen molar-refractivity contribution in [3.63, 3.8) is 0 Å². The molecule has 0 nitrogen and oxygen atoms in total. The number of hydrogen-bond donors (Lipinski definition) is 0. The lowest BCUT2D eigenvalue weighted by Crippen LogP contribution is -1.93. The molecule has 0 aromatic heterocycles. The summed E-state index contributed by atoms with van der Waals surface area (Å²) in [5.74, 6) is 0. The summed E-state index contributed by atoms with van der Waals surface area (Å²) in [6.07, 6.45) is 1.07. The van der Waals surface area contributed by atoms with Gasteiger partial charge in [-0.15, -0.1) is 0 Å². The van der Waals surface area contributed by atoms with Crippen LogP contribution in [0.4, 0.5) is 0 Å². The minimum Gasteiger partial charge on any atom is -0.0614 e. The van der Waals surface area contributed by atoms with Crippen molar-refractivity contribution in [2.75, 3.05) is 0 Å². The Bertz CT molecular complexity index is 929. The Balaban J connectivity index is 1.85. The second kappa shape index (κ2) is 5.09. The second-order valence-corrected chi connectivity index (χ2v) is 6.89. The molecule has 3 aromatic carbocycles. The summed E-state index contributed by atoms with van der Waals surface area (Å²) < 4.78 is 0. The molecule has 0 saturated heterocycles. The smallest absolute Gasteiger partial charge is 0.00105 e. The Morgan fingerprint density at radius 2 is 1.48 bits per heavy atom. The van der Waals surface area contributed by atoms with Gasteiger partial charge in [-0.1, -0.05) is 54.1 Å². The van der Waals surface area contributed by atoms with Gasteiger partial charge >= 0.3 is 0 Å². The highest BCUT2D eigenvalue weighted by Gasteiger charge is 2.22. The van der Waals surface area contributed by atoms with Gasteiger partial charge in [0.25, 0.3) is 0 Å². The van der Waals surface area contributed by atoms with Crippen molar-refractivity contribution >= 4 is 0 Å². The molecule has 0 radical (unpaired) electrons. The van der Waals surface area contributed by atoms with E-state index in [1.54, 1.807) is 0 Å². The van der Waals surface area contributed by atoms with Crippen LogP contribution in [0.3, 0.4) is 0 Å². The summed E-state index contributed by atoms with van der Waals surface area (Å²) in [7, 11) is 0. The minimum atomic E-state index is 1.07. The average molecular weight is 298 g/mol. The Labute approximate surface area is 138 Å². The van der Waals surface area contributed by atoms with Gasteiger partial charge in [0.15, 0.2) is 0 Å². The van der Waals surface area contributed by atoms with Crippen LogP contribution < -0.4 is 0 Å². The van der Waals surface area contributed by atoms with E-state index < -0.39 is 0 Å². The number of hydrogen-bond acceptors (Lipinski definition) is 0. The lowest BCUT2D eigenvalue weighted by molar-refractivity contribution is 1.17. The van der Waals surface area contributed by atoms with E-state index in [4.69, 9.17) is 0 Å². The average Bonchev–Trinajstić information content (AvgIpc) is 2.91. The molecule has 0 amide bonds. The summed E-state index contributed by atoms with van der Waals surface area (Å²) in [5, 5.41) is 0. The Hall–Kier alpha value is -2.34.